The van der Waals surface area contributed by atoms with Gasteiger partial charge in [-0.1, -0.05) is 72.8 Å². The lowest BCUT2D eigenvalue weighted by atomic mass is 10.1. The predicted molar refractivity (Wildman–Crippen MR) is 194 cm³/mol. The number of unbranched alkanes of at least 4 members (excludes halogenated alkanes) is 1. The molecule has 0 aromatic heterocycles. The van der Waals surface area contributed by atoms with Crippen LogP contribution in [0, 0.1) is 0 Å². The quantitative estimate of drug-likeness (QED) is 0.0404. The van der Waals surface area contributed by atoms with Crippen LogP contribution in [0.1, 0.15) is 55.7 Å². The number of hydrogen-bond donors (Lipinski definition) is 6. The lowest BCUT2D eigenvalue weighted by molar-refractivity contribution is -0.148. The lowest BCUT2D eigenvalue weighted by Crippen LogP contribution is -2.62. The van der Waals surface area contributed by atoms with Crippen LogP contribution in [0.15, 0.2) is 89.9 Å². The van der Waals surface area contributed by atoms with Gasteiger partial charge in [0.05, 0.1) is 5.69 Å². The summed E-state index contributed by atoms with van der Waals surface area (Å²) in [4.78, 5) is 55.4. The summed E-state index contributed by atoms with van der Waals surface area (Å²) in [6.07, 6.45) is 1.74. The van der Waals surface area contributed by atoms with Crippen LogP contribution < -0.4 is 27.4 Å². The Labute approximate surface area is 298 Å². The summed E-state index contributed by atoms with van der Waals surface area (Å²) in [5.74, 6) is -1.64. The summed E-state index contributed by atoms with van der Waals surface area (Å²) in [5, 5.41) is 18.1. The first-order chi connectivity index (χ1) is 24.5. The Morgan fingerprint density at radius 1 is 0.765 bits per heavy atom. The highest BCUT2D eigenvalue weighted by atomic mass is 16.6. The molecule has 0 saturated carbocycles. The number of nitrogens with two attached hydrogens (primary N) is 2. The number of hydrogen-bond acceptors (Lipinski definition) is 8. The molecule has 274 valence electrons. The molecule has 8 N–H and O–H groups in total. The predicted octanol–water partition coefficient (Wildman–Crippen LogP) is 4.16. The van der Waals surface area contributed by atoms with Crippen molar-refractivity contribution in [1.29, 1.82) is 0 Å². The minimum Gasteiger partial charge on any atom is -0.478 e. The van der Waals surface area contributed by atoms with Gasteiger partial charge in [0.25, 0.3) is 0 Å². The van der Waals surface area contributed by atoms with Gasteiger partial charge in [-0.25, -0.2) is 19.4 Å². The molecule has 0 bridgehead atoms. The van der Waals surface area contributed by atoms with E-state index in [1.54, 1.807) is 17.0 Å². The molecule has 0 fully saturated rings. The molecule has 3 aromatic rings. The van der Waals surface area contributed by atoms with Crippen LogP contribution in [-0.4, -0.2) is 71.9 Å². The van der Waals surface area contributed by atoms with Gasteiger partial charge in [0, 0.05) is 26.1 Å². The first kappa shape index (κ1) is 39.8. The normalized spacial score (nSPS) is 11.8. The first-order valence-corrected chi connectivity index (χ1v) is 16.9. The average molecular weight is 704 g/mol. The number of amides is 3. The number of carbonyl (C=O) groups excluding carboxylic acids is 3. The van der Waals surface area contributed by atoms with E-state index >= 15 is 0 Å². The molecule has 0 saturated heterocycles. The summed E-state index contributed by atoms with van der Waals surface area (Å²) in [7, 11) is 0. The van der Waals surface area contributed by atoms with Crippen molar-refractivity contribution in [2.24, 2.45) is 16.5 Å². The van der Waals surface area contributed by atoms with Crippen LogP contribution in [0.4, 0.5) is 15.3 Å². The van der Waals surface area contributed by atoms with Crippen LogP contribution in [0.2, 0.25) is 0 Å². The highest BCUT2D eigenvalue weighted by Gasteiger charge is 2.34. The van der Waals surface area contributed by atoms with Crippen molar-refractivity contribution in [3.8, 4) is 0 Å². The van der Waals surface area contributed by atoms with E-state index < -0.39 is 29.7 Å². The average Bonchev–Trinajstić information content (AvgIpc) is 3.11. The second kappa shape index (κ2) is 21.5. The van der Waals surface area contributed by atoms with E-state index in [1.807, 2.05) is 72.8 Å². The minimum atomic E-state index is -1.67. The molecule has 14 heteroatoms. The van der Waals surface area contributed by atoms with Crippen LogP contribution in [0.25, 0.3) is 0 Å². The molecule has 0 heterocycles. The number of carboxylic acid groups (broad SMARTS) is 1. The van der Waals surface area contributed by atoms with Gasteiger partial charge in [-0.3, -0.25) is 10.1 Å². The number of benzene rings is 3. The fourth-order valence-corrected chi connectivity index (χ4v) is 4.96. The Balaban J connectivity index is 1.42. The van der Waals surface area contributed by atoms with Crippen molar-refractivity contribution in [3.05, 3.63) is 102 Å². The molecule has 0 aliphatic carbocycles. The van der Waals surface area contributed by atoms with Gasteiger partial charge in [0.1, 0.15) is 13.2 Å². The standard InChI is InChI=1S/C37H49N7O7/c1-37(33(46)47,43-32(45)17-10-16-28-18-20-31(21-19-28)42-34(38)39)41-23-8-9-24-44(36(49)51-27-30-14-6-3-7-15-30)25-11-22-40-35(48)50-26-29-12-4-2-5-13-29/h2-7,12-15,18-21,41H,8-11,16-17,22-27H2,1H3,(H,40,48)(H,43,45)(H,46,47)(H4,38,39,42). The molecule has 0 radical (unpaired) electrons. The molecule has 0 aliphatic rings. The fourth-order valence-electron chi connectivity index (χ4n) is 4.96. The maximum absolute atomic E-state index is 13.0. The van der Waals surface area contributed by atoms with E-state index in [2.05, 4.69) is 20.9 Å². The Bertz CT molecular complexity index is 1550. The van der Waals surface area contributed by atoms with E-state index in [0.717, 1.165) is 16.7 Å². The number of alkyl carbamates (subject to hydrolysis) is 1. The largest absolute Gasteiger partial charge is 0.478 e. The number of ether oxygens (including phenoxy) is 2. The second-order valence-corrected chi connectivity index (χ2v) is 12.0. The van der Waals surface area contributed by atoms with Crippen LogP contribution in [0.3, 0.4) is 0 Å². The fraction of sp³-hybridized carbons (Fsp3) is 0.378. The highest BCUT2D eigenvalue weighted by molar-refractivity contribution is 5.86. The van der Waals surface area contributed by atoms with Gasteiger partial charge < -0.3 is 41.6 Å². The van der Waals surface area contributed by atoms with Gasteiger partial charge in [-0.05, 0) is 74.4 Å². The molecular weight excluding hydrogens is 654 g/mol. The van der Waals surface area contributed by atoms with E-state index in [0.29, 0.717) is 57.4 Å². The van der Waals surface area contributed by atoms with Crippen molar-refractivity contribution < 1.29 is 33.8 Å². The lowest BCUT2D eigenvalue weighted by Gasteiger charge is -2.28. The number of carboxylic acids is 1. The van der Waals surface area contributed by atoms with Crippen molar-refractivity contribution in [2.45, 2.75) is 64.3 Å². The maximum Gasteiger partial charge on any atom is 0.410 e. The van der Waals surface area contributed by atoms with Gasteiger partial charge >= 0.3 is 18.2 Å². The number of nitrogens with one attached hydrogen (secondary N) is 3. The zero-order valence-electron chi connectivity index (χ0n) is 29.0. The topological polar surface area (TPSA) is 211 Å². The number of nitrogens with zero attached hydrogens (tertiary/aromatic N) is 2. The molecule has 3 aromatic carbocycles. The molecule has 0 aliphatic heterocycles. The summed E-state index contributed by atoms with van der Waals surface area (Å²) in [5.41, 5.74) is 12.5. The molecule has 1 unspecified atom stereocenters. The summed E-state index contributed by atoms with van der Waals surface area (Å²) in [6, 6.07) is 26.0. The Kier molecular flexibility index (Phi) is 16.7. The van der Waals surface area contributed by atoms with Crippen LogP contribution in [-0.2, 0) is 38.7 Å². The smallest absolute Gasteiger partial charge is 0.410 e. The zero-order chi connectivity index (χ0) is 36.9. The van der Waals surface area contributed by atoms with Crippen molar-refractivity contribution >= 4 is 35.7 Å². The molecule has 3 amide bonds. The number of guanidine groups is 1. The van der Waals surface area contributed by atoms with Crippen LogP contribution >= 0.6 is 0 Å². The molecule has 3 rings (SSSR count). The Morgan fingerprint density at radius 2 is 1.37 bits per heavy atom. The van der Waals surface area contributed by atoms with E-state index in [1.165, 1.54) is 6.92 Å². The molecule has 1 atom stereocenters. The number of aliphatic imine (C=N–C) groups is 1. The van der Waals surface area contributed by atoms with Gasteiger partial charge in [0.15, 0.2) is 11.6 Å². The number of rotatable bonds is 21. The highest BCUT2D eigenvalue weighted by Crippen LogP contribution is 2.15. The van der Waals surface area contributed by atoms with Crippen molar-refractivity contribution in [2.75, 3.05) is 26.2 Å². The van der Waals surface area contributed by atoms with Crippen molar-refractivity contribution in [1.82, 2.24) is 20.9 Å². The SMILES string of the molecule is CC(NCCCCN(CCCNC(=O)OCc1ccccc1)C(=O)OCc1ccccc1)(NC(=O)CCCc1ccc(N=C(N)N)cc1)C(=O)O. The minimum absolute atomic E-state index is 0.0314. The Morgan fingerprint density at radius 3 is 1.98 bits per heavy atom. The third kappa shape index (κ3) is 15.6. The number of carbonyl (C=O) groups is 4. The molecule has 14 nitrogen and oxygen atoms in total. The molecule has 51 heavy (non-hydrogen) atoms. The maximum atomic E-state index is 13.0. The Hall–Kier alpha value is -5.63. The monoisotopic (exact) mass is 703 g/mol. The molecular formula is C37H49N7O7. The van der Waals surface area contributed by atoms with Crippen LogP contribution in [0.5, 0.6) is 0 Å². The summed E-state index contributed by atoms with van der Waals surface area (Å²) in [6.45, 7) is 2.90. The molecule has 0 spiro atoms. The third-order valence-corrected chi connectivity index (χ3v) is 7.76. The zero-order valence-corrected chi connectivity index (χ0v) is 29.0. The first-order valence-electron chi connectivity index (χ1n) is 16.9. The number of aliphatic carboxylic acids is 1. The second-order valence-electron chi connectivity index (χ2n) is 12.0. The number of aryl methyl sites for hydroxylation is 1. The van der Waals surface area contributed by atoms with E-state index in [-0.39, 0.29) is 32.1 Å². The summed E-state index contributed by atoms with van der Waals surface area (Å²) >= 11 is 0. The van der Waals surface area contributed by atoms with Gasteiger partial charge in [-0.2, -0.15) is 0 Å². The van der Waals surface area contributed by atoms with E-state index in [4.69, 9.17) is 20.9 Å². The third-order valence-electron chi connectivity index (χ3n) is 7.76. The van der Waals surface area contributed by atoms with Crippen molar-refractivity contribution in [3.63, 3.8) is 0 Å². The van der Waals surface area contributed by atoms with Gasteiger partial charge in [0.2, 0.25) is 5.91 Å². The van der Waals surface area contributed by atoms with Gasteiger partial charge in [-0.15, -0.1) is 0 Å². The summed E-state index contributed by atoms with van der Waals surface area (Å²) < 4.78 is 10.8. The van der Waals surface area contributed by atoms with E-state index in [9.17, 15) is 24.3 Å².